The second kappa shape index (κ2) is 6.51. The smallest absolute Gasteiger partial charge is 0.335 e. The second-order valence-corrected chi connectivity index (χ2v) is 4.50. The van der Waals surface area contributed by atoms with Gasteiger partial charge in [-0.05, 0) is 42.3 Å². The summed E-state index contributed by atoms with van der Waals surface area (Å²) in [6.07, 6.45) is 3.39. The summed E-state index contributed by atoms with van der Waals surface area (Å²) in [6.45, 7) is 2.29. The number of pyridine rings is 1. The molecular weight excluding hydrogens is 270 g/mol. The van der Waals surface area contributed by atoms with Crippen LogP contribution < -0.4 is 10.6 Å². The minimum atomic E-state index is -1.04. The first-order valence-electron chi connectivity index (χ1n) is 6.34. The summed E-state index contributed by atoms with van der Waals surface area (Å²) in [6, 6.07) is 7.53. The highest BCUT2D eigenvalue weighted by Gasteiger charge is 2.06. The molecule has 2 rings (SSSR count). The van der Waals surface area contributed by atoms with E-state index in [1.807, 2.05) is 13.0 Å². The Bertz CT molecular complexity index is 671. The molecule has 0 atom stereocenters. The largest absolute Gasteiger partial charge is 0.478 e. The predicted octanol–water partition coefficient (Wildman–Crippen LogP) is 2.41. The molecule has 1 heterocycles. The zero-order valence-corrected chi connectivity index (χ0v) is 11.5. The number of aromatic nitrogens is 1. The van der Waals surface area contributed by atoms with Crippen molar-refractivity contribution in [1.82, 2.24) is 10.3 Å². The number of urea groups is 1. The van der Waals surface area contributed by atoms with Gasteiger partial charge in [-0.2, -0.15) is 0 Å². The number of hydrogen-bond donors (Lipinski definition) is 3. The molecule has 2 aromatic rings. The van der Waals surface area contributed by atoms with Crippen LogP contribution in [0.3, 0.4) is 0 Å². The number of anilines is 1. The van der Waals surface area contributed by atoms with Crippen LogP contribution in [0.25, 0.3) is 0 Å². The van der Waals surface area contributed by atoms with Gasteiger partial charge in [-0.3, -0.25) is 4.98 Å². The van der Waals surface area contributed by atoms with Gasteiger partial charge in [-0.1, -0.05) is 6.07 Å². The molecule has 0 saturated carbocycles. The molecule has 0 radical (unpaired) electrons. The molecule has 0 aliphatic heterocycles. The Labute approximate surface area is 121 Å². The normalized spacial score (nSPS) is 9.95. The van der Waals surface area contributed by atoms with E-state index in [9.17, 15) is 9.59 Å². The Balaban J connectivity index is 1.95. The van der Waals surface area contributed by atoms with Crippen molar-refractivity contribution in [1.29, 1.82) is 0 Å². The number of carbonyl (C=O) groups is 2. The topological polar surface area (TPSA) is 91.3 Å². The third kappa shape index (κ3) is 4.04. The molecule has 6 heteroatoms. The van der Waals surface area contributed by atoms with Gasteiger partial charge in [0.1, 0.15) is 0 Å². The highest BCUT2D eigenvalue weighted by Crippen LogP contribution is 2.10. The Hall–Kier alpha value is -2.89. The summed E-state index contributed by atoms with van der Waals surface area (Å²) in [4.78, 5) is 26.6. The van der Waals surface area contributed by atoms with Gasteiger partial charge in [0.25, 0.3) is 0 Å². The van der Waals surface area contributed by atoms with Crippen LogP contribution in [0.5, 0.6) is 0 Å². The zero-order valence-electron chi connectivity index (χ0n) is 11.5. The van der Waals surface area contributed by atoms with Crippen molar-refractivity contribution in [2.75, 3.05) is 5.32 Å². The summed E-state index contributed by atoms with van der Waals surface area (Å²) in [5.41, 5.74) is 2.51. The zero-order chi connectivity index (χ0) is 15.2. The number of carboxylic acids is 1. The molecule has 0 aliphatic carbocycles. The average Bonchev–Trinajstić information content (AvgIpc) is 2.46. The maximum absolute atomic E-state index is 11.8. The molecule has 0 unspecified atom stereocenters. The van der Waals surface area contributed by atoms with E-state index < -0.39 is 12.0 Å². The summed E-state index contributed by atoms with van der Waals surface area (Å²) in [7, 11) is 0. The Morgan fingerprint density at radius 2 is 2.10 bits per heavy atom. The van der Waals surface area contributed by atoms with E-state index in [0.29, 0.717) is 12.2 Å². The van der Waals surface area contributed by atoms with Crippen molar-refractivity contribution < 1.29 is 14.7 Å². The molecular formula is C15H15N3O3. The van der Waals surface area contributed by atoms with Crippen LogP contribution in [0.1, 0.15) is 21.5 Å². The van der Waals surface area contributed by atoms with Crippen molar-refractivity contribution in [3.05, 3.63) is 59.4 Å². The molecule has 0 aliphatic rings. The van der Waals surface area contributed by atoms with Gasteiger partial charge >= 0.3 is 12.0 Å². The standard InChI is InChI=1S/C15H15N3O3/c1-10-5-6-16-8-12(10)9-17-15(21)18-13-4-2-3-11(7-13)14(19)20/h2-8H,9H2,1H3,(H,19,20)(H2,17,18,21). The van der Waals surface area contributed by atoms with Gasteiger partial charge in [-0.25, -0.2) is 9.59 Å². The van der Waals surface area contributed by atoms with E-state index in [0.717, 1.165) is 11.1 Å². The lowest BCUT2D eigenvalue weighted by atomic mass is 10.2. The number of nitrogens with one attached hydrogen (secondary N) is 2. The quantitative estimate of drug-likeness (QED) is 0.804. The lowest BCUT2D eigenvalue weighted by Gasteiger charge is -2.09. The first-order valence-corrected chi connectivity index (χ1v) is 6.34. The number of nitrogens with zero attached hydrogens (tertiary/aromatic N) is 1. The van der Waals surface area contributed by atoms with Crippen molar-refractivity contribution in [2.24, 2.45) is 0 Å². The van der Waals surface area contributed by atoms with E-state index in [1.54, 1.807) is 24.5 Å². The summed E-state index contributed by atoms with van der Waals surface area (Å²) >= 11 is 0. The molecule has 3 N–H and O–H groups in total. The minimum Gasteiger partial charge on any atom is -0.478 e. The predicted molar refractivity (Wildman–Crippen MR) is 78.2 cm³/mol. The fourth-order valence-electron chi connectivity index (χ4n) is 1.76. The van der Waals surface area contributed by atoms with E-state index in [2.05, 4.69) is 15.6 Å². The maximum atomic E-state index is 11.8. The minimum absolute atomic E-state index is 0.121. The molecule has 0 bridgehead atoms. The van der Waals surface area contributed by atoms with E-state index in [4.69, 9.17) is 5.11 Å². The number of aryl methyl sites for hydroxylation is 1. The Kier molecular flexibility index (Phi) is 4.50. The third-order valence-electron chi connectivity index (χ3n) is 2.95. The number of carbonyl (C=O) groups excluding carboxylic acids is 1. The van der Waals surface area contributed by atoms with Gasteiger partial charge in [0, 0.05) is 24.6 Å². The van der Waals surface area contributed by atoms with Crippen LogP contribution in [0.15, 0.2) is 42.7 Å². The molecule has 6 nitrogen and oxygen atoms in total. The molecule has 0 spiro atoms. The second-order valence-electron chi connectivity index (χ2n) is 4.50. The average molecular weight is 285 g/mol. The molecule has 0 fully saturated rings. The highest BCUT2D eigenvalue weighted by atomic mass is 16.4. The van der Waals surface area contributed by atoms with Gasteiger partial charge in [0.05, 0.1) is 5.56 Å². The van der Waals surface area contributed by atoms with Crippen LogP contribution in [-0.4, -0.2) is 22.1 Å². The first-order chi connectivity index (χ1) is 10.1. The number of aromatic carboxylic acids is 1. The lowest BCUT2D eigenvalue weighted by Crippen LogP contribution is -2.28. The number of rotatable bonds is 4. The summed E-state index contributed by atoms with van der Waals surface area (Å²) in [5.74, 6) is -1.04. The van der Waals surface area contributed by atoms with E-state index in [-0.39, 0.29) is 5.56 Å². The molecule has 21 heavy (non-hydrogen) atoms. The fourth-order valence-corrected chi connectivity index (χ4v) is 1.76. The van der Waals surface area contributed by atoms with Gasteiger partial charge in [0.15, 0.2) is 0 Å². The van der Waals surface area contributed by atoms with Crippen molar-refractivity contribution in [3.8, 4) is 0 Å². The lowest BCUT2D eigenvalue weighted by molar-refractivity contribution is 0.0697. The highest BCUT2D eigenvalue weighted by molar-refractivity contribution is 5.93. The third-order valence-corrected chi connectivity index (χ3v) is 2.95. The van der Waals surface area contributed by atoms with E-state index >= 15 is 0 Å². The Morgan fingerprint density at radius 1 is 1.29 bits per heavy atom. The number of benzene rings is 1. The van der Waals surface area contributed by atoms with Crippen molar-refractivity contribution in [3.63, 3.8) is 0 Å². The fraction of sp³-hybridized carbons (Fsp3) is 0.133. The summed E-state index contributed by atoms with van der Waals surface area (Å²) < 4.78 is 0. The van der Waals surface area contributed by atoms with Crippen LogP contribution >= 0.6 is 0 Å². The summed E-state index contributed by atoms with van der Waals surface area (Å²) in [5, 5.41) is 14.2. The molecule has 1 aromatic heterocycles. The van der Waals surface area contributed by atoms with Crippen LogP contribution in [0, 0.1) is 6.92 Å². The van der Waals surface area contributed by atoms with Crippen LogP contribution in [0.2, 0.25) is 0 Å². The van der Waals surface area contributed by atoms with Gasteiger partial charge < -0.3 is 15.7 Å². The van der Waals surface area contributed by atoms with Crippen LogP contribution in [0.4, 0.5) is 10.5 Å². The molecule has 0 saturated heterocycles. The van der Waals surface area contributed by atoms with Crippen molar-refractivity contribution in [2.45, 2.75) is 13.5 Å². The molecule has 1 aromatic carbocycles. The van der Waals surface area contributed by atoms with Gasteiger partial charge in [-0.15, -0.1) is 0 Å². The first kappa shape index (κ1) is 14.5. The monoisotopic (exact) mass is 285 g/mol. The Morgan fingerprint density at radius 3 is 2.81 bits per heavy atom. The molecule has 108 valence electrons. The number of carboxylic acid groups (broad SMARTS) is 1. The van der Waals surface area contributed by atoms with E-state index in [1.165, 1.54) is 12.1 Å². The molecule has 2 amide bonds. The SMILES string of the molecule is Cc1ccncc1CNC(=O)Nc1cccc(C(=O)O)c1. The van der Waals surface area contributed by atoms with Crippen molar-refractivity contribution >= 4 is 17.7 Å². The number of hydrogen-bond acceptors (Lipinski definition) is 3. The maximum Gasteiger partial charge on any atom is 0.335 e. The number of amides is 2. The van der Waals surface area contributed by atoms with Crippen LogP contribution in [-0.2, 0) is 6.54 Å². The van der Waals surface area contributed by atoms with Gasteiger partial charge in [0.2, 0.25) is 0 Å².